The van der Waals surface area contributed by atoms with E-state index < -0.39 is 17.6 Å². The lowest BCUT2D eigenvalue weighted by Crippen LogP contribution is -2.32. The molecule has 22 heavy (non-hydrogen) atoms. The highest BCUT2D eigenvalue weighted by Crippen LogP contribution is 2.29. The van der Waals surface area contributed by atoms with Crippen molar-refractivity contribution in [2.24, 2.45) is 0 Å². The lowest BCUT2D eigenvalue weighted by molar-refractivity contribution is -0.137. The van der Waals surface area contributed by atoms with Crippen LogP contribution < -0.4 is 5.32 Å². The van der Waals surface area contributed by atoms with Crippen molar-refractivity contribution in [1.29, 1.82) is 0 Å². The van der Waals surface area contributed by atoms with E-state index in [2.05, 4.69) is 21.2 Å². The fourth-order valence-corrected chi connectivity index (χ4v) is 2.49. The molecule has 1 N–H and O–H groups in total. The lowest BCUT2D eigenvalue weighted by atomic mass is 10.1. The number of hydrogen-bond donors (Lipinski definition) is 1. The first-order chi connectivity index (χ1) is 10.4. The van der Waals surface area contributed by atoms with E-state index in [4.69, 9.17) is 0 Å². The molecule has 2 aromatic rings. The van der Waals surface area contributed by atoms with Crippen LogP contribution in [0.1, 0.15) is 21.5 Å². The van der Waals surface area contributed by atoms with Crippen LogP contribution >= 0.6 is 15.9 Å². The Morgan fingerprint density at radius 2 is 1.64 bits per heavy atom. The molecule has 0 radical (unpaired) electrons. The second-order valence-electron chi connectivity index (χ2n) is 4.71. The zero-order valence-electron chi connectivity index (χ0n) is 11.4. The quantitative estimate of drug-likeness (QED) is 0.626. The van der Waals surface area contributed by atoms with Gasteiger partial charge in [-0.2, -0.15) is 13.2 Å². The molecule has 0 fully saturated rings. The van der Waals surface area contributed by atoms with E-state index in [0.717, 1.165) is 17.7 Å². The summed E-state index contributed by atoms with van der Waals surface area (Å²) in [6, 6.07) is 13.7. The van der Waals surface area contributed by atoms with Gasteiger partial charge in [-0.15, -0.1) is 0 Å². The third-order valence-electron chi connectivity index (χ3n) is 3.02. The van der Waals surface area contributed by atoms with Gasteiger partial charge in [0.2, 0.25) is 0 Å². The summed E-state index contributed by atoms with van der Waals surface area (Å²) < 4.78 is 37.4. The second kappa shape index (κ2) is 6.96. The number of carbonyl (C=O) groups is 1. The summed E-state index contributed by atoms with van der Waals surface area (Å²) in [5, 5.41) is 2.70. The van der Waals surface area contributed by atoms with Crippen molar-refractivity contribution >= 4 is 21.8 Å². The van der Waals surface area contributed by atoms with Crippen molar-refractivity contribution in [2.75, 3.05) is 0 Å². The standard InChI is InChI=1S/C16H13BrF3NO/c17-14(10-11-4-2-1-3-5-11)21-15(22)12-6-8-13(9-7-12)16(18,19)20/h1-9,14H,10H2,(H,21,22). The van der Waals surface area contributed by atoms with E-state index in [1.165, 1.54) is 12.1 Å². The lowest BCUT2D eigenvalue weighted by Gasteiger charge is -2.13. The molecule has 2 rings (SSSR count). The van der Waals surface area contributed by atoms with E-state index in [1.807, 2.05) is 30.3 Å². The minimum absolute atomic E-state index is 0.186. The van der Waals surface area contributed by atoms with Crippen molar-refractivity contribution in [3.63, 3.8) is 0 Å². The maximum Gasteiger partial charge on any atom is 0.416 e. The van der Waals surface area contributed by atoms with Gasteiger partial charge in [0, 0.05) is 12.0 Å². The van der Waals surface area contributed by atoms with Crippen LogP contribution in [0.5, 0.6) is 0 Å². The van der Waals surface area contributed by atoms with Crippen molar-refractivity contribution in [2.45, 2.75) is 17.5 Å². The molecule has 0 aliphatic carbocycles. The Kier molecular flexibility index (Phi) is 5.24. The molecule has 0 aromatic heterocycles. The summed E-state index contributed by atoms with van der Waals surface area (Å²) in [5.41, 5.74) is 0.450. The molecule has 0 aliphatic heterocycles. The molecule has 0 spiro atoms. The summed E-state index contributed by atoms with van der Waals surface area (Å²) in [7, 11) is 0. The third-order valence-corrected chi connectivity index (χ3v) is 3.57. The van der Waals surface area contributed by atoms with Crippen LogP contribution in [-0.2, 0) is 12.6 Å². The average Bonchev–Trinajstić information content (AvgIpc) is 2.47. The van der Waals surface area contributed by atoms with Crippen LogP contribution in [0.4, 0.5) is 13.2 Å². The average molecular weight is 372 g/mol. The number of alkyl halides is 4. The first-order valence-electron chi connectivity index (χ1n) is 6.52. The number of nitrogens with one attached hydrogen (secondary N) is 1. The Labute approximate surface area is 134 Å². The number of hydrogen-bond acceptors (Lipinski definition) is 1. The number of halogens is 4. The van der Waals surface area contributed by atoms with Crippen LogP contribution in [-0.4, -0.2) is 10.9 Å². The molecular weight excluding hydrogens is 359 g/mol. The fraction of sp³-hybridized carbons (Fsp3) is 0.188. The van der Waals surface area contributed by atoms with Gasteiger partial charge >= 0.3 is 6.18 Å². The monoisotopic (exact) mass is 371 g/mol. The number of amides is 1. The maximum atomic E-state index is 12.5. The summed E-state index contributed by atoms with van der Waals surface area (Å²) >= 11 is 3.35. The third kappa shape index (κ3) is 4.59. The van der Waals surface area contributed by atoms with Crippen molar-refractivity contribution in [1.82, 2.24) is 5.32 Å². The molecule has 1 amide bonds. The summed E-state index contributed by atoms with van der Waals surface area (Å²) in [5.74, 6) is -0.425. The van der Waals surface area contributed by atoms with Gasteiger partial charge in [-0.3, -0.25) is 4.79 Å². The molecule has 116 valence electrons. The molecule has 2 aromatic carbocycles. The molecule has 6 heteroatoms. The van der Waals surface area contributed by atoms with Gasteiger partial charge in [-0.25, -0.2) is 0 Å². The van der Waals surface area contributed by atoms with Crippen molar-refractivity contribution < 1.29 is 18.0 Å². The van der Waals surface area contributed by atoms with Crippen LogP contribution in [0, 0.1) is 0 Å². The van der Waals surface area contributed by atoms with E-state index in [1.54, 1.807) is 0 Å². The highest BCUT2D eigenvalue weighted by atomic mass is 79.9. The maximum absolute atomic E-state index is 12.5. The molecule has 0 aliphatic rings. The molecule has 0 saturated carbocycles. The predicted molar refractivity (Wildman–Crippen MR) is 81.8 cm³/mol. The van der Waals surface area contributed by atoms with Crippen LogP contribution in [0.2, 0.25) is 0 Å². The molecule has 0 saturated heterocycles. The minimum atomic E-state index is -4.40. The van der Waals surface area contributed by atoms with Gasteiger partial charge in [-0.1, -0.05) is 46.3 Å². The molecule has 1 unspecified atom stereocenters. The molecule has 0 bridgehead atoms. The van der Waals surface area contributed by atoms with Gasteiger partial charge in [0.15, 0.2) is 0 Å². The number of carbonyl (C=O) groups excluding carboxylic acids is 1. The zero-order chi connectivity index (χ0) is 16.2. The van der Waals surface area contributed by atoms with Gasteiger partial charge < -0.3 is 5.32 Å². The van der Waals surface area contributed by atoms with E-state index in [-0.39, 0.29) is 10.5 Å². The Bertz CT molecular complexity index is 626. The van der Waals surface area contributed by atoms with E-state index >= 15 is 0 Å². The molecule has 0 heterocycles. The van der Waals surface area contributed by atoms with Gasteiger partial charge in [0.1, 0.15) is 0 Å². The topological polar surface area (TPSA) is 29.1 Å². The zero-order valence-corrected chi connectivity index (χ0v) is 13.0. The highest BCUT2D eigenvalue weighted by molar-refractivity contribution is 9.09. The Morgan fingerprint density at radius 1 is 1.05 bits per heavy atom. The number of benzene rings is 2. The minimum Gasteiger partial charge on any atom is -0.339 e. The van der Waals surface area contributed by atoms with Crippen LogP contribution in [0.15, 0.2) is 54.6 Å². The predicted octanol–water partition coefficient (Wildman–Crippen LogP) is 4.40. The summed E-state index contributed by atoms with van der Waals surface area (Å²) in [6.45, 7) is 0. The fourth-order valence-electron chi connectivity index (χ4n) is 1.91. The van der Waals surface area contributed by atoms with Gasteiger partial charge in [-0.05, 0) is 29.8 Å². The molecule has 2 nitrogen and oxygen atoms in total. The Balaban J connectivity index is 1.97. The van der Waals surface area contributed by atoms with Crippen molar-refractivity contribution in [3.05, 3.63) is 71.3 Å². The second-order valence-corrected chi connectivity index (χ2v) is 5.81. The van der Waals surface area contributed by atoms with Crippen LogP contribution in [0.3, 0.4) is 0 Å². The number of rotatable bonds is 4. The summed E-state index contributed by atoms with van der Waals surface area (Å²) in [6.07, 6.45) is -3.83. The molecule has 1 atom stereocenters. The highest BCUT2D eigenvalue weighted by Gasteiger charge is 2.30. The SMILES string of the molecule is O=C(NC(Br)Cc1ccccc1)c1ccc(C(F)(F)F)cc1. The van der Waals surface area contributed by atoms with Crippen molar-refractivity contribution in [3.8, 4) is 0 Å². The first-order valence-corrected chi connectivity index (χ1v) is 7.44. The largest absolute Gasteiger partial charge is 0.416 e. The smallest absolute Gasteiger partial charge is 0.339 e. The first kappa shape index (κ1) is 16.5. The van der Waals surface area contributed by atoms with E-state index in [0.29, 0.717) is 6.42 Å². The van der Waals surface area contributed by atoms with Gasteiger partial charge in [0.25, 0.3) is 5.91 Å². The van der Waals surface area contributed by atoms with Crippen LogP contribution in [0.25, 0.3) is 0 Å². The van der Waals surface area contributed by atoms with Gasteiger partial charge in [0.05, 0.1) is 10.5 Å². The normalized spacial score (nSPS) is 12.7. The Morgan fingerprint density at radius 3 is 2.18 bits per heavy atom. The molecular formula is C16H13BrF3NO. The van der Waals surface area contributed by atoms with E-state index in [9.17, 15) is 18.0 Å². The Hall–Kier alpha value is -1.82. The summed E-state index contributed by atoms with van der Waals surface area (Å²) in [4.78, 5) is 11.7.